The molecule has 1 unspecified atom stereocenters. The maximum absolute atomic E-state index is 12.1. The van der Waals surface area contributed by atoms with E-state index in [2.05, 4.69) is 11.7 Å². The summed E-state index contributed by atoms with van der Waals surface area (Å²) in [7, 11) is 0. The van der Waals surface area contributed by atoms with Crippen molar-refractivity contribution in [3.63, 3.8) is 0 Å². The summed E-state index contributed by atoms with van der Waals surface area (Å²) in [4.78, 5) is 11.8. The Bertz CT molecular complexity index is 517. The molecule has 26 heavy (non-hydrogen) atoms. The van der Waals surface area contributed by atoms with Crippen molar-refractivity contribution in [3.05, 3.63) is 24.0 Å². The second-order valence-electron chi connectivity index (χ2n) is 6.57. The minimum Gasteiger partial charge on any atom is -0.451 e. The van der Waals surface area contributed by atoms with Crippen LogP contribution in [0.15, 0.2) is 18.3 Å². The lowest BCUT2D eigenvalue weighted by Crippen LogP contribution is -2.22. The molecular weight excluding hydrogens is 367 g/mol. The third-order valence-electron chi connectivity index (χ3n) is 4.21. The highest BCUT2D eigenvalue weighted by atomic mass is 35.5. The Morgan fingerprint density at radius 3 is 2.46 bits per heavy atom. The summed E-state index contributed by atoms with van der Waals surface area (Å²) < 4.78 is 42.3. The van der Waals surface area contributed by atoms with E-state index in [-0.39, 0.29) is 11.1 Å². The molecule has 0 bridgehead atoms. The fourth-order valence-electron chi connectivity index (χ4n) is 2.76. The maximum Gasteiger partial charge on any atom is 0.422 e. The Balaban J connectivity index is 2.26. The van der Waals surface area contributed by atoms with Crippen LogP contribution in [0.5, 0.6) is 0 Å². The van der Waals surface area contributed by atoms with E-state index < -0.39 is 18.8 Å². The van der Waals surface area contributed by atoms with Gasteiger partial charge in [-0.05, 0) is 25.0 Å². The van der Waals surface area contributed by atoms with E-state index in [1.807, 2.05) is 0 Å². The molecule has 0 saturated carbocycles. The van der Waals surface area contributed by atoms with Crippen molar-refractivity contribution in [1.82, 2.24) is 4.57 Å². The predicted octanol–water partition coefficient (Wildman–Crippen LogP) is 6.35. The van der Waals surface area contributed by atoms with Crippen LogP contribution >= 0.6 is 11.6 Å². The number of aromatic nitrogens is 1. The molecular formula is C19H29ClF3NO2. The molecule has 1 atom stereocenters. The molecule has 3 nitrogen and oxygen atoms in total. The summed E-state index contributed by atoms with van der Waals surface area (Å²) in [5.74, 6) is -0.967. The fourth-order valence-corrected chi connectivity index (χ4v) is 3.01. The van der Waals surface area contributed by atoms with Gasteiger partial charge in [0.25, 0.3) is 0 Å². The molecule has 150 valence electrons. The molecule has 0 radical (unpaired) electrons. The molecule has 0 aliphatic heterocycles. The SMILES string of the molecule is CCCCCCCCCC(Cl)CCn1cccc1C(=O)OCC(F)(F)F. The van der Waals surface area contributed by atoms with E-state index in [0.717, 1.165) is 12.8 Å². The first-order valence-corrected chi connectivity index (χ1v) is 9.80. The second kappa shape index (κ2) is 12.3. The standard InChI is InChI=1S/C19H29ClF3NO2/c1-2-3-4-5-6-7-8-10-16(20)12-14-24-13-9-11-17(24)18(25)26-15-19(21,22)23/h9,11,13,16H,2-8,10,12,14-15H2,1H3. The predicted molar refractivity (Wildman–Crippen MR) is 97.6 cm³/mol. The van der Waals surface area contributed by atoms with Gasteiger partial charge >= 0.3 is 12.1 Å². The number of hydrogen-bond acceptors (Lipinski definition) is 2. The highest BCUT2D eigenvalue weighted by molar-refractivity contribution is 6.20. The Morgan fingerprint density at radius 2 is 1.81 bits per heavy atom. The third kappa shape index (κ3) is 10.1. The van der Waals surface area contributed by atoms with Gasteiger partial charge in [0.2, 0.25) is 0 Å². The van der Waals surface area contributed by atoms with Crippen molar-refractivity contribution in [2.75, 3.05) is 6.61 Å². The highest BCUT2D eigenvalue weighted by Gasteiger charge is 2.30. The van der Waals surface area contributed by atoms with Crippen LogP contribution in [0.25, 0.3) is 0 Å². The molecule has 0 aromatic carbocycles. The number of carbonyl (C=O) groups excluding carboxylic acids is 1. The van der Waals surface area contributed by atoms with Crippen molar-refractivity contribution in [2.24, 2.45) is 0 Å². The lowest BCUT2D eigenvalue weighted by Gasteiger charge is -2.13. The zero-order valence-electron chi connectivity index (χ0n) is 15.4. The van der Waals surface area contributed by atoms with Gasteiger partial charge in [0.15, 0.2) is 6.61 Å². The first-order chi connectivity index (χ1) is 12.3. The van der Waals surface area contributed by atoms with Crippen LogP contribution < -0.4 is 0 Å². The van der Waals surface area contributed by atoms with Crippen molar-refractivity contribution in [2.45, 2.75) is 82.8 Å². The molecule has 1 heterocycles. The summed E-state index contributed by atoms with van der Waals surface area (Å²) >= 11 is 6.33. The smallest absolute Gasteiger partial charge is 0.422 e. The molecule has 1 aromatic rings. The zero-order chi connectivity index (χ0) is 19.4. The Hall–Kier alpha value is -1.17. The fraction of sp³-hybridized carbons (Fsp3) is 0.737. The molecule has 0 fully saturated rings. The normalized spacial score (nSPS) is 13.0. The number of rotatable bonds is 13. The van der Waals surface area contributed by atoms with Crippen LogP contribution in [0.4, 0.5) is 13.2 Å². The Morgan fingerprint density at radius 1 is 1.15 bits per heavy atom. The van der Waals surface area contributed by atoms with Crippen molar-refractivity contribution < 1.29 is 22.7 Å². The van der Waals surface area contributed by atoms with Gasteiger partial charge in [-0.25, -0.2) is 4.79 Å². The molecule has 0 saturated heterocycles. The molecule has 1 rings (SSSR count). The molecule has 1 aromatic heterocycles. The van der Waals surface area contributed by atoms with Crippen LogP contribution in [-0.2, 0) is 11.3 Å². The second-order valence-corrected chi connectivity index (χ2v) is 7.19. The average Bonchev–Trinajstić information content (AvgIpc) is 3.05. The van der Waals surface area contributed by atoms with E-state index in [4.69, 9.17) is 11.6 Å². The van der Waals surface area contributed by atoms with Gasteiger partial charge in [-0.15, -0.1) is 11.6 Å². The topological polar surface area (TPSA) is 31.2 Å². The summed E-state index contributed by atoms with van der Waals surface area (Å²) in [5.41, 5.74) is 0.119. The van der Waals surface area contributed by atoms with Gasteiger partial charge in [-0.2, -0.15) is 13.2 Å². The van der Waals surface area contributed by atoms with Crippen molar-refractivity contribution in [1.29, 1.82) is 0 Å². The molecule has 0 aliphatic rings. The molecule has 0 spiro atoms. The average molecular weight is 396 g/mol. The number of halogens is 4. The zero-order valence-corrected chi connectivity index (χ0v) is 16.1. The number of ether oxygens (including phenoxy) is 1. The summed E-state index contributed by atoms with van der Waals surface area (Å²) in [6.07, 6.45) is 7.28. The molecule has 0 amide bonds. The first kappa shape index (κ1) is 22.9. The Kier molecular flexibility index (Phi) is 10.8. The van der Waals surface area contributed by atoms with Gasteiger partial charge in [0.05, 0.1) is 0 Å². The number of carbonyl (C=O) groups is 1. The summed E-state index contributed by atoms with van der Waals surface area (Å²) in [6.45, 7) is 1.10. The van der Waals surface area contributed by atoms with Gasteiger partial charge in [0.1, 0.15) is 5.69 Å². The highest BCUT2D eigenvalue weighted by Crippen LogP contribution is 2.18. The number of nitrogens with zero attached hydrogens (tertiary/aromatic N) is 1. The molecule has 0 aliphatic carbocycles. The van der Waals surface area contributed by atoms with Gasteiger partial charge in [-0.1, -0.05) is 51.9 Å². The third-order valence-corrected chi connectivity index (χ3v) is 4.65. The number of aryl methyl sites for hydroxylation is 1. The van der Waals surface area contributed by atoms with Gasteiger partial charge in [0, 0.05) is 18.1 Å². The van der Waals surface area contributed by atoms with Crippen LogP contribution in [0, 0.1) is 0 Å². The number of hydrogen-bond donors (Lipinski definition) is 0. The lowest BCUT2D eigenvalue weighted by molar-refractivity contribution is -0.161. The van der Waals surface area contributed by atoms with E-state index >= 15 is 0 Å². The summed E-state index contributed by atoms with van der Waals surface area (Å²) in [5, 5.41) is -0.00733. The number of unbranched alkanes of at least 4 members (excludes halogenated alkanes) is 6. The van der Waals surface area contributed by atoms with E-state index in [1.54, 1.807) is 16.8 Å². The van der Waals surface area contributed by atoms with Gasteiger partial charge in [-0.3, -0.25) is 0 Å². The van der Waals surface area contributed by atoms with Crippen LogP contribution in [-0.4, -0.2) is 28.7 Å². The van der Waals surface area contributed by atoms with E-state index in [9.17, 15) is 18.0 Å². The largest absolute Gasteiger partial charge is 0.451 e. The van der Waals surface area contributed by atoms with E-state index in [1.165, 1.54) is 44.6 Å². The van der Waals surface area contributed by atoms with Gasteiger partial charge < -0.3 is 9.30 Å². The minimum atomic E-state index is -4.52. The maximum atomic E-state index is 12.1. The molecule has 0 N–H and O–H groups in total. The quantitative estimate of drug-likeness (QED) is 0.221. The summed E-state index contributed by atoms with van der Waals surface area (Å²) in [6, 6.07) is 3.07. The number of esters is 1. The van der Waals surface area contributed by atoms with Crippen LogP contribution in [0.1, 0.15) is 75.2 Å². The first-order valence-electron chi connectivity index (χ1n) is 9.36. The lowest BCUT2D eigenvalue weighted by atomic mass is 10.1. The Labute approximate surface area is 158 Å². The van der Waals surface area contributed by atoms with Crippen LogP contribution in [0.3, 0.4) is 0 Å². The van der Waals surface area contributed by atoms with E-state index in [0.29, 0.717) is 13.0 Å². The minimum absolute atomic E-state index is 0.00733. The molecule has 7 heteroatoms. The van der Waals surface area contributed by atoms with Crippen molar-refractivity contribution in [3.8, 4) is 0 Å². The van der Waals surface area contributed by atoms with Crippen molar-refractivity contribution >= 4 is 17.6 Å². The monoisotopic (exact) mass is 395 g/mol. The van der Waals surface area contributed by atoms with Crippen LogP contribution in [0.2, 0.25) is 0 Å². The number of alkyl halides is 4.